The van der Waals surface area contributed by atoms with E-state index in [4.69, 9.17) is 14.0 Å². The lowest BCUT2D eigenvalue weighted by Crippen LogP contribution is -2.41. The van der Waals surface area contributed by atoms with E-state index in [0.29, 0.717) is 0 Å². The normalized spacial score (nSPS) is 26.2. The molecule has 3 heterocycles. The number of aromatic nitrogens is 2. The monoisotopic (exact) mass is 328 g/mol. The van der Waals surface area contributed by atoms with Gasteiger partial charge in [-0.05, 0) is 58.5 Å². The van der Waals surface area contributed by atoms with Gasteiger partial charge in [0.1, 0.15) is 0 Å². The molecule has 0 radical (unpaired) electrons. The van der Waals surface area contributed by atoms with Crippen molar-refractivity contribution in [1.82, 2.24) is 9.78 Å². The van der Waals surface area contributed by atoms with Crippen LogP contribution in [0.25, 0.3) is 10.9 Å². The number of hydrogen-bond acceptors (Lipinski definition) is 4. The number of fused-ring (bicyclic) bond motifs is 1. The minimum atomic E-state index is -0.352. The molecule has 0 spiro atoms. The van der Waals surface area contributed by atoms with Crippen LogP contribution in [-0.2, 0) is 14.0 Å². The lowest BCUT2D eigenvalue weighted by atomic mass is 9.79. The quantitative estimate of drug-likeness (QED) is 0.795. The summed E-state index contributed by atoms with van der Waals surface area (Å²) in [5, 5.41) is 5.67. The molecule has 0 N–H and O–H groups in total. The van der Waals surface area contributed by atoms with Crippen LogP contribution in [-0.4, -0.2) is 34.7 Å². The van der Waals surface area contributed by atoms with E-state index in [1.165, 1.54) is 6.42 Å². The third-order valence-electron chi connectivity index (χ3n) is 5.58. The first-order valence-corrected chi connectivity index (χ1v) is 8.82. The predicted molar refractivity (Wildman–Crippen MR) is 94.3 cm³/mol. The fourth-order valence-electron chi connectivity index (χ4n) is 3.33. The zero-order valence-corrected chi connectivity index (χ0v) is 14.9. The highest BCUT2D eigenvalue weighted by Crippen LogP contribution is 2.36. The molecular weight excluding hydrogens is 303 g/mol. The van der Waals surface area contributed by atoms with Gasteiger partial charge in [0, 0.05) is 12.0 Å². The minimum Gasteiger partial charge on any atom is -0.399 e. The van der Waals surface area contributed by atoms with Gasteiger partial charge in [0.15, 0.2) is 6.23 Å². The largest absolute Gasteiger partial charge is 0.494 e. The van der Waals surface area contributed by atoms with E-state index in [1.54, 1.807) is 0 Å². The predicted octanol–water partition coefficient (Wildman–Crippen LogP) is 3.03. The van der Waals surface area contributed by atoms with Crippen LogP contribution >= 0.6 is 0 Å². The third-order valence-corrected chi connectivity index (χ3v) is 5.58. The van der Waals surface area contributed by atoms with Crippen molar-refractivity contribution in [3.05, 3.63) is 24.4 Å². The number of ether oxygens (including phenoxy) is 1. The molecule has 5 nitrogen and oxygen atoms in total. The van der Waals surface area contributed by atoms with E-state index in [2.05, 4.69) is 51.0 Å². The van der Waals surface area contributed by atoms with Crippen LogP contribution in [0.15, 0.2) is 24.4 Å². The van der Waals surface area contributed by atoms with E-state index in [0.717, 1.165) is 35.8 Å². The first-order chi connectivity index (χ1) is 11.4. The summed E-state index contributed by atoms with van der Waals surface area (Å²) >= 11 is 0. The molecule has 2 aliphatic rings. The molecule has 0 bridgehead atoms. The Kier molecular flexibility index (Phi) is 3.75. The molecule has 4 rings (SSSR count). The number of hydrogen-bond donors (Lipinski definition) is 0. The van der Waals surface area contributed by atoms with Crippen molar-refractivity contribution in [3.8, 4) is 0 Å². The SMILES string of the molecule is CC1(C)OB(c2ccc3cnn(C4CCCCO4)c3c2)OC1(C)C. The molecule has 2 aliphatic heterocycles. The van der Waals surface area contributed by atoms with Gasteiger partial charge in [-0.1, -0.05) is 12.1 Å². The van der Waals surface area contributed by atoms with Crippen LogP contribution in [0.4, 0.5) is 0 Å². The first-order valence-electron chi connectivity index (χ1n) is 8.82. The summed E-state index contributed by atoms with van der Waals surface area (Å²) in [6.07, 6.45) is 5.26. The molecule has 1 unspecified atom stereocenters. The highest BCUT2D eigenvalue weighted by Gasteiger charge is 2.51. The highest BCUT2D eigenvalue weighted by molar-refractivity contribution is 6.62. The second-order valence-corrected chi connectivity index (χ2v) is 7.82. The van der Waals surface area contributed by atoms with Crippen molar-refractivity contribution in [2.24, 2.45) is 0 Å². The van der Waals surface area contributed by atoms with Gasteiger partial charge in [0.05, 0.1) is 22.9 Å². The second-order valence-electron chi connectivity index (χ2n) is 7.82. The fraction of sp³-hybridized carbons (Fsp3) is 0.611. The van der Waals surface area contributed by atoms with Crippen LogP contribution in [0, 0.1) is 0 Å². The Morgan fingerprint density at radius 2 is 1.88 bits per heavy atom. The average Bonchev–Trinajstić information content (AvgIpc) is 3.06. The van der Waals surface area contributed by atoms with Crippen LogP contribution in [0.2, 0.25) is 0 Å². The van der Waals surface area contributed by atoms with E-state index in [1.807, 2.05) is 10.9 Å². The molecule has 1 atom stereocenters. The summed E-state index contributed by atoms with van der Waals surface area (Å²) in [7, 11) is -0.352. The Morgan fingerprint density at radius 1 is 1.12 bits per heavy atom. The first kappa shape index (κ1) is 16.1. The molecule has 6 heteroatoms. The van der Waals surface area contributed by atoms with Gasteiger partial charge in [-0.3, -0.25) is 0 Å². The minimum absolute atomic E-state index is 0.0322. The molecule has 1 aromatic carbocycles. The maximum Gasteiger partial charge on any atom is 0.494 e. The molecule has 0 saturated carbocycles. The Labute approximate surface area is 143 Å². The van der Waals surface area contributed by atoms with E-state index in [9.17, 15) is 0 Å². The van der Waals surface area contributed by atoms with Crippen LogP contribution < -0.4 is 5.46 Å². The summed E-state index contributed by atoms with van der Waals surface area (Å²) < 4.78 is 20.3. The lowest BCUT2D eigenvalue weighted by molar-refractivity contribution is -0.0366. The molecule has 2 saturated heterocycles. The molecule has 0 amide bonds. The highest BCUT2D eigenvalue weighted by atomic mass is 16.7. The van der Waals surface area contributed by atoms with Crippen LogP contribution in [0.3, 0.4) is 0 Å². The average molecular weight is 328 g/mol. The topological polar surface area (TPSA) is 45.5 Å². The van der Waals surface area contributed by atoms with Crippen molar-refractivity contribution in [3.63, 3.8) is 0 Å². The third kappa shape index (κ3) is 2.57. The van der Waals surface area contributed by atoms with Crippen molar-refractivity contribution < 1.29 is 14.0 Å². The Morgan fingerprint density at radius 3 is 2.54 bits per heavy atom. The molecule has 24 heavy (non-hydrogen) atoms. The Bertz CT molecular complexity index is 734. The van der Waals surface area contributed by atoms with Gasteiger partial charge < -0.3 is 14.0 Å². The van der Waals surface area contributed by atoms with E-state index < -0.39 is 0 Å². The smallest absolute Gasteiger partial charge is 0.399 e. The second kappa shape index (κ2) is 5.58. The van der Waals surface area contributed by atoms with Crippen molar-refractivity contribution >= 4 is 23.5 Å². The standard InChI is InChI=1S/C18H25BN2O3/c1-17(2)18(3,4)24-19(23-17)14-9-8-13-12-20-21(15(13)11-14)16-7-5-6-10-22-16/h8-9,11-12,16H,5-7,10H2,1-4H3. The lowest BCUT2D eigenvalue weighted by Gasteiger charge is -2.32. The van der Waals surface area contributed by atoms with Crippen molar-refractivity contribution in [2.45, 2.75) is 64.4 Å². The van der Waals surface area contributed by atoms with Crippen LogP contribution in [0.1, 0.15) is 53.2 Å². The summed E-state index contributed by atoms with van der Waals surface area (Å²) in [6.45, 7) is 9.11. The van der Waals surface area contributed by atoms with Gasteiger partial charge >= 0.3 is 7.12 Å². The summed E-state index contributed by atoms with van der Waals surface area (Å²) in [4.78, 5) is 0. The maximum absolute atomic E-state index is 6.18. The Balaban J connectivity index is 1.68. The van der Waals surface area contributed by atoms with E-state index in [-0.39, 0.29) is 24.5 Å². The summed E-state index contributed by atoms with van der Waals surface area (Å²) in [5.41, 5.74) is 1.44. The van der Waals surface area contributed by atoms with Crippen LogP contribution in [0.5, 0.6) is 0 Å². The van der Waals surface area contributed by atoms with Crippen molar-refractivity contribution in [2.75, 3.05) is 6.61 Å². The zero-order chi connectivity index (χ0) is 16.9. The zero-order valence-electron chi connectivity index (χ0n) is 14.9. The molecule has 128 valence electrons. The fourth-order valence-corrected chi connectivity index (χ4v) is 3.33. The number of rotatable bonds is 2. The maximum atomic E-state index is 6.18. The van der Waals surface area contributed by atoms with E-state index >= 15 is 0 Å². The number of nitrogens with zero attached hydrogens (tertiary/aromatic N) is 2. The number of benzene rings is 1. The Hall–Kier alpha value is -1.37. The molecule has 1 aromatic heterocycles. The summed E-state index contributed by atoms with van der Waals surface area (Å²) in [6, 6.07) is 6.28. The molecule has 0 aliphatic carbocycles. The van der Waals surface area contributed by atoms with Gasteiger partial charge in [-0.15, -0.1) is 0 Å². The van der Waals surface area contributed by atoms with Gasteiger partial charge in [-0.25, -0.2) is 4.68 Å². The van der Waals surface area contributed by atoms with Gasteiger partial charge in [0.25, 0.3) is 0 Å². The molecule has 2 fully saturated rings. The van der Waals surface area contributed by atoms with Gasteiger partial charge in [0.2, 0.25) is 0 Å². The summed E-state index contributed by atoms with van der Waals surface area (Å²) in [5.74, 6) is 0. The molecular formula is C18H25BN2O3. The van der Waals surface area contributed by atoms with Crippen molar-refractivity contribution in [1.29, 1.82) is 0 Å². The van der Waals surface area contributed by atoms with Gasteiger partial charge in [-0.2, -0.15) is 5.10 Å². The molecule has 2 aromatic rings.